The summed E-state index contributed by atoms with van der Waals surface area (Å²) in [5, 5.41) is 63.2. The van der Waals surface area contributed by atoms with E-state index in [1.807, 2.05) is 77.0 Å². The van der Waals surface area contributed by atoms with Crippen LogP contribution in [0.2, 0.25) is 0 Å². The third kappa shape index (κ3) is 11.7. The molecule has 0 radical (unpaired) electrons. The summed E-state index contributed by atoms with van der Waals surface area (Å²) >= 11 is 0. The van der Waals surface area contributed by atoms with E-state index in [1.165, 1.54) is 14.0 Å². The van der Waals surface area contributed by atoms with E-state index in [4.69, 9.17) is 28.4 Å². The molecule has 3 heterocycles. The van der Waals surface area contributed by atoms with Crippen LogP contribution >= 0.6 is 0 Å². The van der Waals surface area contributed by atoms with Crippen LogP contribution in [0.5, 0.6) is 0 Å². The molecule has 0 saturated carbocycles. The summed E-state index contributed by atoms with van der Waals surface area (Å²) < 4.78 is 37.9. The van der Waals surface area contributed by atoms with Gasteiger partial charge in [-0.25, -0.2) is 0 Å². The molecule has 1 aromatic rings. The van der Waals surface area contributed by atoms with Crippen LogP contribution in [-0.4, -0.2) is 154 Å². The highest BCUT2D eigenvalue weighted by molar-refractivity contribution is 5.73. The van der Waals surface area contributed by atoms with Crippen molar-refractivity contribution >= 4 is 5.97 Å². The monoisotopic (exact) mass is 849 g/mol. The molecule has 8 unspecified atom stereocenters. The van der Waals surface area contributed by atoms with Gasteiger partial charge in [0, 0.05) is 43.0 Å². The molecule has 0 spiro atoms. The Bertz CT molecular complexity index is 1570. The van der Waals surface area contributed by atoms with Gasteiger partial charge in [0.05, 0.1) is 54.2 Å². The van der Waals surface area contributed by atoms with E-state index in [9.17, 15) is 30.3 Å². The number of esters is 1. The molecular formula is C46H76N2O12. The second-order valence-electron chi connectivity index (χ2n) is 18.8. The minimum Gasteiger partial charge on any atom is -0.459 e. The zero-order valence-electron chi connectivity index (χ0n) is 38.2. The summed E-state index contributed by atoms with van der Waals surface area (Å²) in [6.45, 7) is 17.8. The Morgan fingerprint density at radius 3 is 2.17 bits per heavy atom. The van der Waals surface area contributed by atoms with Gasteiger partial charge >= 0.3 is 5.97 Å². The Kier molecular flexibility index (Phi) is 17.6. The van der Waals surface area contributed by atoms with Crippen LogP contribution in [0.15, 0.2) is 30.3 Å². The molecule has 14 nitrogen and oxygen atoms in total. The number of benzene rings is 1. The number of cyclic esters (lactones) is 1. The molecule has 3 aliphatic heterocycles. The summed E-state index contributed by atoms with van der Waals surface area (Å²) in [7, 11) is 5.27. The van der Waals surface area contributed by atoms with Crippen LogP contribution in [0.25, 0.3) is 0 Å². The third-order valence-electron chi connectivity index (χ3n) is 13.5. The number of nitrogens with zero attached hydrogens (tertiary/aromatic N) is 1. The largest absolute Gasteiger partial charge is 0.459 e. The lowest BCUT2D eigenvalue weighted by Crippen LogP contribution is -2.62. The molecule has 3 fully saturated rings. The summed E-state index contributed by atoms with van der Waals surface area (Å²) in [4.78, 5) is 16.3. The fraction of sp³-hybridized carbons (Fsp3) is 0.804. The Hall–Kier alpha value is -2.23. The number of rotatable bonds is 9. The van der Waals surface area contributed by atoms with Gasteiger partial charge in [-0.1, -0.05) is 57.7 Å². The van der Waals surface area contributed by atoms with Crippen molar-refractivity contribution in [2.24, 2.45) is 23.7 Å². The topological polar surface area (TPSA) is 189 Å². The van der Waals surface area contributed by atoms with E-state index in [-0.39, 0.29) is 43.9 Å². The molecule has 0 bridgehead atoms. The van der Waals surface area contributed by atoms with E-state index >= 15 is 0 Å². The number of hydrogen-bond donors (Lipinski definition) is 6. The summed E-state index contributed by atoms with van der Waals surface area (Å²) in [6, 6.07) is 8.74. The van der Waals surface area contributed by atoms with Crippen molar-refractivity contribution in [2.75, 3.05) is 27.7 Å². The molecule has 0 amide bonds. The van der Waals surface area contributed by atoms with Crippen LogP contribution in [0.1, 0.15) is 100 Å². The van der Waals surface area contributed by atoms with Gasteiger partial charge in [0.25, 0.3) is 0 Å². The number of nitrogens with one attached hydrogen (secondary N) is 1. The Morgan fingerprint density at radius 1 is 0.917 bits per heavy atom. The zero-order valence-corrected chi connectivity index (χ0v) is 38.2. The molecule has 0 aliphatic carbocycles. The maximum Gasteiger partial charge on any atom is 0.311 e. The SMILES string of the molecule is CC[C@H]1OC(=O)[C@H](C)[C@@H](OC2CC(C)(OC)C(O)C(C)O2)[C@H](C)[C@@H](OC2OC(C)CC(N(C)C)C2O)[C@](C)(O)C[C@@H](C)[C@H](NCC#Cc2ccccc2)[C@H](C)[C@@H](O)[C@]1(C)O. The number of likely N-dealkylation sites (N-methyl/N-ethyl adjacent to an activating group) is 1. The molecule has 3 aliphatic rings. The van der Waals surface area contributed by atoms with Gasteiger partial charge in [0.2, 0.25) is 0 Å². The van der Waals surface area contributed by atoms with Gasteiger partial charge in [-0.05, 0) is 93.0 Å². The minimum absolute atomic E-state index is 0.105. The van der Waals surface area contributed by atoms with Gasteiger partial charge < -0.3 is 64.2 Å². The highest BCUT2D eigenvalue weighted by Crippen LogP contribution is 2.41. The molecule has 19 atom stereocenters. The van der Waals surface area contributed by atoms with Crippen LogP contribution in [0.4, 0.5) is 0 Å². The lowest BCUT2D eigenvalue weighted by molar-refractivity contribution is -0.318. The second kappa shape index (κ2) is 21.0. The highest BCUT2D eigenvalue weighted by Gasteiger charge is 2.53. The fourth-order valence-corrected chi connectivity index (χ4v) is 9.83. The van der Waals surface area contributed by atoms with Gasteiger partial charge in [0.1, 0.15) is 23.9 Å². The van der Waals surface area contributed by atoms with E-state index < -0.39 is 102 Å². The predicted molar refractivity (Wildman–Crippen MR) is 226 cm³/mol. The molecular weight excluding hydrogens is 773 g/mol. The van der Waals surface area contributed by atoms with Crippen LogP contribution in [-0.2, 0) is 33.2 Å². The third-order valence-corrected chi connectivity index (χ3v) is 13.5. The van der Waals surface area contributed by atoms with Crippen molar-refractivity contribution in [1.82, 2.24) is 10.2 Å². The van der Waals surface area contributed by atoms with E-state index in [0.29, 0.717) is 6.42 Å². The van der Waals surface area contributed by atoms with Crippen LogP contribution in [0, 0.1) is 35.5 Å². The number of hydrogen-bond acceptors (Lipinski definition) is 14. The molecule has 0 aromatic heterocycles. The first-order chi connectivity index (χ1) is 28.0. The van der Waals surface area contributed by atoms with Gasteiger partial charge in [0.15, 0.2) is 12.6 Å². The van der Waals surface area contributed by atoms with E-state index in [1.54, 1.807) is 34.6 Å². The quantitative estimate of drug-likeness (QED) is 0.157. The van der Waals surface area contributed by atoms with Crippen molar-refractivity contribution in [3.05, 3.63) is 35.9 Å². The molecule has 1 aromatic carbocycles. The molecule has 60 heavy (non-hydrogen) atoms. The van der Waals surface area contributed by atoms with Gasteiger partial charge in [-0.3, -0.25) is 4.79 Å². The molecule has 342 valence electrons. The number of aliphatic hydroxyl groups excluding tert-OH is 3. The molecule has 6 N–H and O–H groups in total. The molecule has 4 rings (SSSR count). The highest BCUT2D eigenvalue weighted by atomic mass is 16.7. The fourth-order valence-electron chi connectivity index (χ4n) is 9.83. The molecule has 14 heteroatoms. The van der Waals surface area contributed by atoms with Gasteiger partial charge in [-0.15, -0.1) is 0 Å². The second-order valence-corrected chi connectivity index (χ2v) is 18.8. The summed E-state index contributed by atoms with van der Waals surface area (Å²) in [5.41, 5.74) is -3.76. The standard InChI is InChI=1S/C46H76N2O12/c1-14-34-46(10,54)39(50)28(4)36(47-22-18-21-32-19-16-15-17-20-32)26(2)24-44(8,53)41(60-43-37(49)33(48(11)12)23-27(3)56-43)29(5)38(30(6)42(52)58-34)59-35-25-45(9,55-13)40(51)31(7)57-35/h15-17,19-20,26-31,33-41,43,47,49-51,53-54H,14,22-25H2,1-13H3/t26-,27?,28+,29+,30-,31?,33?,34-,35?,36+,37?,38+,39-,40?,41-,43?,44-,45?,46-/m1/s1. The number of carbonyl (C=O) groups excluding carboxylic acids is 1. The summed E-state index contributed by atoms with van der Waals surface area (Å²) in [6.07, 6.45) is -8.86. The number of methoxy groups -OCH3 is 1. The van der Waals surface area contributed by atoms with Crippen LogP contribution < -0.4 is 5.32 Å². The normalized spacial score (nSPS) is 45.0. The average molecular weight is 849 g/mol. The summed E-state index contributed by atoms with van der Waals surface area (Å²) in [5.74, 6) is 2.78. The number of aliphatic hydroxyl groups is 5. The number of carbonyl (C=O) groups is 1. The van der Waals surface area contributed by atoms with Crippen molar-refractivity contribution in [3.63, 3.8) is 0 Å². The average Bonchev–Trinajstić information content (AvgIpc) is 3.19. The van der Waals surface area contributed by atoms with E-state index in [0.717, 1.165) is 5.56 Å². The first kappa shape index (κ1) is 50.4. The Labute approximate surface area is 358 Å². The first-order valence-corrected chi connectivity index (χ1v) is 21.8. The van der Waals surface area contributed by atoms with Crippen molar-refractivity contribution in [1.29, 1.82) is 0 Å². The molecule has 3 saturated heterocycles. The predicted octanol–water partition coefficient (Wildman–Crippen LogP) is 3.23. The maximum atomic E-state index is 14.4. The number of ether oxygens (including phenoxy) is 6. The Balaban J connectivity index is 1.84. The maximum absolute atomic E-state index is 14.4. The minimum atomic E-state index is -1.88. The van der Waals surface area contributed by atoms with Crippen molar-refractivity contribution in [3.8, 4) is 11.8 Å². The first-order valence-electron chi connectivity index (χ1n) is 21.8. The van der Waals surface area contributed by atoms with Gasteiger partial charge in [-0.2, -0.15) is 0 Å². The Morgan fingerprint density at radius 2 is 1.57 bits per heavy atom. The lowest BCUT2D eigenvalue weighted by Gasteiger charge is -2.49. The van der Waals surface area contributed by atoms with E-state index in [2.05, 4.69) is 17.2 Å². The van der Waals surface area contributed by atoms with Crippen LogP contribution in [0.3, 0.4) is 0 Å². The van der Waals surface area contributed by atoms with Crippen molar-refractivity contribution in [2.45, 2.75) is 185 Å². The lowest BCUT2D eigenvalue weighted by atomic mass is 9.72. The van der Waals surface area contributed by atoms with Crippen molar-refractivity contribution < 1.29 is 58.7 Å². The smallest absolute Gasteiger partial charge is 0.311 e. The zero-order chi connectivity index (χ0) is 44.9.